The number of nitrogens with zero attached hydrogens (tertiary/aromatic N) is 2. The fourth-order valence-electron chi connectivity index (χ4n) is 6.27. The first-order valence-corrected chi connectivity index (χ1v) is 9.70. The van der Waals surface area contributed by atoms with Crippen molar-refractivity contribution < 1.29 is 29.0 Å². The van der Waals surface area contributed by atoms with Crippen molar-refractivity contribution >= 4 is 23.8 Å². The number of carbonyl (C=O) groups is 3. The van der Waals surface area contributed by atoms with E-state index in [0.717, 1.165) is 12.1 Å². The molecule has 0 radical (unpaired) electrons. The number of imide groups is 1. The number of carboxylic acid groups (broad SMARTS) is 2. The largest absolute Gasteiger partial charge is 0.465 e. The normalized spacial score (nSPS) is 23.1. The van der Waals surface area contributed by atoms with Crippen molar-refractivity contribution in [1.29, 1.82) is 0 Å². The molecular formula is C22H27FN2O5. The topological polar surface area (TPSA) is 98.2 Å². The zero-order valence-electron chi connectivity index (χ0n) is 18.0. The zero-order valence-corrected chi connectivity index (χ0v) is 18.0. The number of halogens is 1. The van der Waals surface area contributed by atoms with Crippen molar-refractivity contribution in [2.75, 3.05) is 11.4 Å². The predicted octanol–water partition coefficient (Wildman–Crippen LogP) is 4.47. The third kappa shape index (κ3) is 2.39. The van der Waals surface area contributed by atoms with Crippen LogP contribution in [0.5, 0.6) is 0 Å². The summed E-state index contributed by atoms with van der Waals surface area (Å²) in [5, 5.41) is 20.0. The van der Waals surface area contributed by atoms with Crippen molar-refractivity contribution in [2.45, 2.75) is 52.5 Å². The van der Waals surface area contributed by atoms with Gasteiger partial charge < -0.3 is 10.2 Å². The van der Waals surface area contributed by atoms with Gasteiger partial charge in [-0.15, -0.1) is 0 Å². The average molecular weight is 418 g/mol. The highest BCUT2D eigenvalue weighted by molar-refractivity contribution is 6.22. The second-order valence-corrected chi connectivity index (χ2v) is 9.90. The number of fused-ring (bicyclic) bond motifs is 2. The van der Waals surface area contributed by atoms with Gasteiger partial charge in [0.05, 0.1) is 11.2 Å². The molecule has 3 rings (SSSR count). The number of anilines is 1. The van der Waals surface area contributed by atoms with Gasteiger partial charge in [-0.05, 0) is 29.0 Å². The summed E-state index contributed by atoms with van der Waals surface area (Å²) >= 11 is 0. The number of carbonyl (C=O) groups excluding carboxylic acids is 1. The van der Waals surface area contributed by atoms with Gasteiger partial charge in [0.15, 0.2) is 0 Å². The van der Waals surface area contributed by atoms with Crippen molar-refractivity contribution in [3.8, 4) is 0 Å². The van der Waals surface area contributed by atoms with Crippen LogP contribution >= 0.6 is 0 Å². The van der Waals surface area contributed by atoms with Gasteiger partial charge in [0, 0.05) is 12.1 Å². The minimum absolute atomic E-state index is 0.0244. The molecule has 2 heterocycles. The van der Waals surface area contributed by atoms with Gasteiger partial charge in [0.25, 0.3) is 5.91 Å². The molecule has 2 N–H and O–H groups in total. The van der Waals surface area contributed by atoms with Crippen molar-refractivity contribution in [3.05, 3.63) is 41.7 Å². The van der Waals surface area contributed by atoms with Crippen LogP contribution in [0.3, 0.4) is 0 Å². The molecule has 3 amide bonds. The molecule has 1 aromatic carbocycles. The van der Waals surface area contributed by atoms with E-state index in [0.29, 0.717) is 4.90 Å². The Balaban J connectivity index is 2.59. The lowest BCUT2D eigenvalue weighted by Gasteiger charge is -2.65. The lowest BCUT2D eigenvalue weighted by Crippen LogP contribution is -2.78. The zero-order chi connectivity index (χ0) is 22.9. The van der Waals surface area contributed by atoms with E-state index in [4.69, 9.17) is 0 Å². The number of benzene rings is 1. The standard InChI is InChI=1S/C22H27FN2O5/c1-19(2,3)22(20(4,5)6)21(10-7-11-24(22)17(27)28)14-12-13(23)8-9-15(14)25(16(21)26)18(29)30/h7-10,12H,11H2,1-6H3,(H,27,28)(H,29,30). The summed E-state index contributed by atoms with van der Waals surface area (Å²) in [6.07, 6.45) is 0.388. The predicted molar refractivity (Wildman–Crippen MR) is 109 cm³/mol. The van der Waals surface area contributed by atoms with E-state index in [1.165, 1.54) is 11.0 Å². The van der Waals surface area contributed by atoms with Crippen LogP contribution in [0.15, 0.2) is 30.4 Å². The van der Waals surface area contributed by atoms with Crippen LogP contribution in [0.2, 0.25) is 0 Å². The van der Waals surface area contributed by atoms with E-state index >= 15 is 0 Å². The third-order valence-corrected chi connectivity index (χ3v) is 6.39. The molecule has 1 atom stereocenters. The summed E-state index contributed by atoms with van der Waals surface area (Å²) in [5.74, 6) is -1.44. The summed E-state index contributed by atoms with van der Waals surface area (Å²) in [7, 11) is 0. The third-order valence-electron chi connectivity index (χ3n) is 6.39. The van der Waals surface area contributed by atoms with E-state index in [9.17, 15) is 29.0 Å². The first-order valence-electron chi connectivity index (χ1n) is 9.70. The van der Waals surface area contributed by atoms with E-state index < -0.39 is 45.7 Å². The molecule has 2 aliphatic heterocycles. The Hall–Kier alpha value is -2.90. The first-order chi connectivity index (χ1) is 13.6. The Labute approximate surface area is 174 Å². The minimum Gasteiger partial charge on any atom is -0.465 e. The van der Waals surface area contributed by atoms with Gasteiger partial charge in [-0.1, -0.05) is 53.7 Å². The minimum atomic E-state index is -1.73. The quantitative estimate of drug-likeness (QED) is 0.606. The van der Waals surface area contributed by atoms with Crippen molar-refractivity contribution in [3.63, 3.8) is 0 Å². The summed E-state index contributed by atoms with van der Waals surface area (Å²) in [4.78, 5) is 40.3. The molecule has 30 heavy (non-hydrogen) atoms. The molecular weight excluding hydrogens is 391 g/mol. The molecule has 1 unspecified atom stereocenters. The molecule has 0 aliphatic carbocycles. The molecule has 1 spiro atoms. The molecule has 0 saturated carbocycles. The summed E-state index contributed by atoms with van der Waals surface area (Å²) in [6.45, 7) is 11.0. The van der Waals surface area contributed by atoms with Crippen molar-refractivity contribution in [2.24, 2.45) is 10.8 Å². The van der Waals surface area contributed by atoms with Gasteiger partial charge in [-0.3, -0.25) is 9.69 Å². The molecule has 162 valence electrons. The van der Waals surface area contributed by atoms with Gasteiger partial charge in [0.2, 0.25) is 0 Å². The van der Waals surface area contributed by atoms with Crippen LogP contribution in [0, 0.1) is 16.6 Å². The number of amides is 3. The van der Waals surface area contributed by atoms with Gasteiger partial charge >= 0.3 is 12.2 Å². The van der Waals surface area contributed by atoms with Crippen molar-refractivity contribution in [1.82, 2.24) is 4.90 Å². The van der Waals surface area contributed by atoms with Gasteiger partial charge in [0.1, 0.15) is 11.2 Å². The Kier molecular flexibility index (Phi) is 4.58. The van der Waals surface area contributed by atoms with Gasteiger partial charge in [-0.2, -0.15) is 0 Å². The molecule has 7 nitrogen and oxygen atoms in total. The molecule has 1 aromatic rings. The fourth-order valence-corrected chi connectivity index (χ4v) is 6.27. The maximum atomic E-state index is 14.4. The number of rotatable bonds is 0. The maximum absolute atomic E-state index is 14.4. The highest BCUT2D eigenvalue weighted by Crippen LogP contribution is 2.64. The van der Waals surface area contributed by atoms with Gasteiger partial charge in [-0.25, -0.2) is 18.9 Å². The molecule has 0 saturated heterocycles. The summed E-state index contributed by atoms with van der Waals surface area (Å²) in [5.41, 5.74) is -4.65. The number of hydrogen-bond donors (Lipinski definition) is 2. The van der Waals surface area contributed by atoms with E-state index in [1.807, 2.05) is 41.5 Å². The van der Waals surface area contributed by atoms with Crippen LogP contribution in [-0.4, -0.2) is 45.3 Å². The van der Waals surface area contributed by atoms with Crippen LogP contribution in [0.4, 0.5) is 19.7 Å². The summed E-state index contributed by atoms with van der Waals surface area (Å²) < 4.78 is 14.4. The lowest BCUT2D eigenvalue weighted by molar-refractivity contribution is -0.147. The molecule has 0 fully saturated rings. The Morgan fingerprint density at radius 1 is 1.03 bits per heavy atom. The van der Waals surface area contributed by atoms with E-state index in [-0.39, 0.29) is 17.8 Å². The van der Waals surface area contributed by atoms with E-state index in [1.54, 1.807) is 12.2 Å². The smallest absolute Gasteiger partial charge is 0.418 e. The highest BCUT2D eigenvalue weighted by atomic mass is 19.1. The monoisotopic (exact) mass is 418 g/mol. The highest BCUT2D eigenvalue weighted by Gasteiger charge is 2.74. The van der Waals surface area contributed by atoms with E-state index in [2.05, 4.69) is 0 Å². The maximum Gasteiger partial charge on any atom is 0.418 e. The lowest BCUT2D eigenvalue weighted by atomic mass is 9.45. The second-order valence-electron chi connectivity index (χ2n) is 9.90. The second kappa shape index (κ2) is 6.30. The van der Waals surface area contributed by atoms with Crippen LogP contribution in [-0.2, 0) is 10.2 Å². The Bertz CT molecular complexity index is 959. The number of hydrogen-bond acceptors (Lipinski definition) is 3. The first kappa shape index (κ1) is 21.8. The Morgan fingerprint density at radius 3 is 2.07 bits per heavy atom. The molecule has 8 heteroatoms. The summed E-state index contributed by atoms with van der Waals surface area (Å²) in [6, 6.07) is 3.51. The van der Waals surface area contributed by atoms with Crippen LogP contribution in [0.1, 0.15) is 47.1 Å². The van der Waals surface area contributed by atoms with Crippen LogP contribution < -0.4 is 4.90 Å². The average Bonchev–Trinajstić information content (AvgIpc) is 2.81. The SMILES string of the molecule is CC(C)(C)C1(C(C)(C)C)N(C(=O)O)CC=CC12C(=O)N(C(=O)O)c1ccc(F)cc12. The molecule has 2 aliphatic rings. The Morgan fingerprint density at radius 2 is 1.60 bits per heavy atom. The fraction of sp³-hybridized carbons (Fsp3) is 0.500. The molecule has 0 aromatic heterocycles. The molecule has 0 bridgehead atoms. The van der Waals surface area contributed by atoms with Crippen LogP contribution in [0.25, 0.3) is 0 Å².